The van der Waals surface area contributed by atoms with Crippen molar-refractivity contribution in [2.45, 2.75) is 18.8 Å². The molecule has 0 unspecified atom stereocenters. The predicted octanol–water partition coefficient (Wildman–Crippen LogP) is 4.19. The highest BCUT2D eigenvalue weighted by atomic mass is 32.2. The van der Waals surface area contributed by atoms with E-state index in [0.29, 0.717) is 10.9 Å². The number of rotatable bonds is 5. The minimum absolute atomic E-state index is 0.0574. The van der Waals surface area contributed by atoms with Crippen LogP contribution < -0.4 is 4.72 Å². The molecular formula is C19H16FNO5S. The number of carboxylic acid groups (broad SMARTS) is 1. The molecule has 6 nitrogen and oxygen atoms in total. The monoisotopic (exact) mass is 389 g/mol. The summed E-state index contributed by atoms with van der Waals surface area (Å²) in [6, 6.07) is 8.68. The van der Waals surface area contributed by atoms with Crippen molar-refractivity contribution in [2.24, 2.45) is 0 Å². The molecule has 0 radical (unpaired) electrons. The second kappa shape index (κ2) is 6.09. The van der Waals surface area contributed by atoms with Gasteiger partial charge in [-0.2, -0.15) is 0 Å². The average Bonchev–Trinajstić information content (AvgIpc) is 3.34. The molecular weight excluding hydrogens is 373 g/mol. The number of hydrogen-bond donors (Lipinski definition) is 2. The van der Waals surface area contributed by atoms with Crippen LogP contribution in [0.1, 0.15) is 34.7 Å². The standard InChI is InChI=1S/C19H16FNO5S/c1-27(24,25)21-15-9-12(10-2-3-10)8-14-16(19(22)23)17(26-18(14)15)11-4-6-13(20)7-5-11/h4-10,21H,2-3H2,1H3,(H,22,23). The Kier molecular flexibility index (Phi) is 3.96. The first-order valence-corrected chi connectivity index (χ1v) is 10.2. The fourth-order valence-electron chi connectivity index (χ4n) is 3.17. The lowest BCUT2D eigenvalue weighted by molar-refractivity contribution is 0.0699. The third kappa shape index (κ3) is 3.40. The normalized spacial score (nSPS) is 14.4. The van der Waals surface area contributed by atoms with Gasteiger partial charge in [-0.15, -0.1) is 0 Å². The van der Waals surface area contributed by atoms with E-state index in [1.54, 1.807) is 12.1 Å². The third-order valence-electron chi connectivity index (χ3n) is 4.48. The van der Waals surface area contributed by atoms with Gasteiger partial charge >= 0.3 is 5.97 Å². The molecule has 27 heavy (non-hydrogen) atoms. The summed E-state index contributed by atoms with van der Waals surface area (Å²) in [6.07, 6.45) is 2.95. The molecule has 0 saturated heterocycles. The number of carboxylic acids is 1. The van der Waals surface area contributed by atoms with Gasteiger partial charge in [-0.05, 0) is 60.7 Å². The van der Waals surface area contributed by atoms with Crippen LogP contribution in [0.25, 0.3) is 22.3 Å². The molecule has 8 heteroatoms. The Bertz CT molecular complexity index is 1160. The molecule has 1 aliphatic rings. The maximum Gasteiger partial charge on any atom is 0.340 e. The van der Waals surface area contributed by atoms with Gasteiger partial charge in [0, 0.05) is 10.9 Å². The Morgan fingerprint density at radius 3 is 2.44 bits per heavy atom. The molecule has 0 amide bonds. The van der Waals surface area contributed by atoms with Gasteiger partial charge in [0.15, 0.2) is 5.58 Å². The number of aromatic carboxylic acids is 1. The van der Waals surface area contributed by atoms with E-state index in [4.69, 9.17) is 4.42 Å². The molecule has 1 aliphatic carbocycles. The van der Waals surface area contributed by atoms with Crippen molar-refractivity contribution in [1.82, 2.24) is 0 Å². The maximum atomic E-state index is 13.2. The van der Waals surface area contributed by atoms with Crippen LogP contribution in [-0.4, -0.2) is 25.7 Å². The highest BCUT2D eigenvalue weighted by molar-refractivity contribution is 7.92. The molecule has 1 aromatic heterocycles. The number of benzene rings is 2. The van der Waals surface area contributed by atoms with Gasteiger partial charge in [0.05, 0.1) is 11.9 Å². The molecule has 1 saturated carbocycles. The smallest absolute Gasteiger partial charge is 0.340 e. The van der Waals surface area contributed by atoms with Crippen LogP contribution in [0.3, 0.4) is 0 Å². The first kappa shape index (κ1) is 17.5. The summed E-state index contributed by atoms with van der Waals surface area (Å²) in [4.78, 5) is 12.0. The van der Waals surface area contributed by atoms with Crippen molar-refractivity contribution in [3.8, 4) is 11.3 Å². The summed E-state index contributed by atoms with van der Waals surface area (Å²) in [6.45, 7) is 0. The Morgan fingerprint density at radius 2 is 1.89 bits per heavy atom. The highest BCUT2D eigenvalue weighted by Crippen LogP contribution is 2.45. The minimum atomic E-state index is -3.59. The van der Waals surface area contributed by atoms with Crippen molar-refractivity contribution in [2.75, 3.05) is 11.0 Å². The fraction of sp³-hybridized carbons (Fsp3) is 0.211. The van der Waals surface area contributed by atoms with Crippen molar-refractivity contribution in [3.05, 3.63) is 53.3 Å². The second-order valence-corrected chi connectivity index (χ2v) is 8.46. The van der Waals surface area contributed by atoms with Gasteiger partial charge < -0.3 is 9.52 Å². The Balaban J connectivity index is 2.02. The average molecular weight is 389 g/mol. The van der Waals surface area contributed by atoms with E-state index in [-0.39, 0.29) is 28.5 Å². The zero-order valence-electron chi connectivity index (χ0n) is 14.3. The molecule has 2 aromatic carbocycles. The summed E-state index contributed by atoms with van der Waals surface area (Å²) in [5, 5.41) is 10.1. The lowest BCUT2D eigenvalue weighted by Crippen LogP contribution is -2.10. The Labute approximate surface area is 154 Å². The van der Waals surface area contributed by atoms with E-state index in [1.165, 1.54) is 24.3 Å². The van der Waals surface area contributed by atoms with E-state index in [1.807, 2.05) is 0 Å². The van der Waals surface area contributed by atoms with Crippen LogP contribution in [0.5, 0.6) is 0 Å². The Hall–Kier alpha value is -2.87. The number of furan rings is 1. The largest absolute Gasteiger partial charge is 0.478 e. The lowest BCUT2D eigenvalue weighted by atomic mass is 10.0. The molecule has 0 aliphatic heterocycles. The summed E-state index contributed by atoms with van der Waals surface area (Å²) in [5.41, 5.74) is 1.52. The first-order chi connectivity index (χ1) is 12.7. The van der Waals surface area contributed by atoms with E-state index in [2.05, 4.69) is 4.72 Å². The van der Waals surface area contributed by atoms with Crippen LogP contribution in [0, 0.1) is 5.82 Å². The molecule has 4 rings (SSSR count). The molecule has 0 atom stereocenters. The van der Waals surface area contributed by atoms with Crippen LogP contribution in [0.2, 0.25) is 0 Å². The van der Waals surface area contributed by atoms with Gasteiger partial charge in [-0.3, -0.25) is 4.72 Å². The number of anilines is 1. The number of carbonyl (C=O) groups is 1. The third-order valence-corrected chi connectivity index (χ3v) is 5.07. The zero-order chi connectivity index (χ0) is 19.3. The van der Waals surface area contributed by atoms with E-state index in [0.717, 1.165) is 24.7 Å². The number of sulfonamides is 1. The lowest BCUT2D eigenvalue weighted by Gasteiger charge is -2.07. The van der Waals surface area contributed by atoms with Gasteiger partial charge in [0.25, 0.3) is 0 Å². The van der Waals surface area contributed by atoms with Gasteiger partial charge in [0.2, 0.25) is 10.0 Å². The summed E-state index contributed by atoms with van der Waals surface area (Å²) in [5.74, 6) is -1.32. The van der Waals surface area contributed by atoms with Crippen molar-refractivity contribution in [3.63, 3.8) is 0 Å². The van der Waals surface area contributed by atoms with E-state index >= 15 is 0 Å². The van der Waals surface area contributed by atoms with E-state index < -0.39 is 21.8 Å². The number of fused-ring (bicyclic) bond motifs is 1. The molecule has 0 spiro atoms. The highest BCUT2D eigenvalue weighted by Gasteiger charge is 2.29. The van der Waals surface area contributed by atoms with Crippen molar-refractivity contribution < 1.29 is 27.1 Å². The molecule has 3 aromatic rings. The maximum absolute atomic E-state index is 13.2. The number of hydrogen-bond acceptors (Lipinski definition) is 4. The van der Waals surface area contributed by atoms with Gasteiger partial charge in [0.1, 0.15) is 17.1 Å². The Morgan fingerprint density at radius 1 is 1.22 bits per heavy atom. The summed E-state index contributed by atoms with van der Waals surface area (Å²) >= 11 is 0. The SMILES string of the molecule is CS(=O)(=O)Nc1cc(C2CC2)cc2c(C(=O)O)c(-c3ccc(F)cc3)oc12. The number of nitrogens with one attached hydrogen (secondary N) is 1. The van der Waals surface area contributed by atoms with Crippen molar-refractivity contribution in [1.29, 1.82) is 0 Å². The first-order valence-electron chi connectivity index (χ1n) is 8.30. The van der Waals surface area contributed by atoms with E-state index in [9.17, 15) is 22.7 Å². The van der Waals surface area contributed by atoms with Crippen LogP contribution in [-0.2, 0) is 10.0 Å². The van der Waals surface area contributed by atoms with Crippen molar-refractivity contribution >= 4 is 32.6 Å². The molecule has 140 valence electrons. The molecule has 2 N–H and O–H groups in total. The second-order valence-electron chi connectivity index (χ2n) is 6.71. The van der Waals surface area contributed by atoms with Crippen LogP contribution in [0.15, 0.2) is 40.8 Å². The predicted molar refractivity (Wildman–Crippen MR) is 99.0 cm³/mol. The quantitative estimate of drug-likeness (QED) is 0.682. The number of halogens is 1. The van der Waals surface area contributed by atoms with Gasteiger partial charge in [-0.1, -0.05) is 0 Å². The molecule has 0 bridgehead atoms. The minimum Gasteiger partial charge on any atom is -0.478 e. The topological polar surface area (TPSA) is 96.6 Å². The van der Waals surface area contributed by atoms with Crippen LogP contribution >= 0.6 is 0 Å². The molecule has 1 heterocycles. The van der Waals surface area contributed by atoms with Gasteiger partial charge in [-0.25, -0.2) is 17.6 Å². The molecule has 1 fully saturated rings. The summed E-state index contributed by atoms with van der Waals surface area (Å²) in [7, 11) is -3.59. The fourth-order valence-corrected chi connectivity index (χ4v) is 3.72. The summed E-state index contributed by atoms with van der Waals surface area (Å²) < 4.78 is 45.0. The zero-order valence-corrected chi connectivity index (χ0v) is 15.1. The van der Waals surface area contributed by atoms with Crippen LogP contribution in [0.4, 0.5) is 10.1 Å².